The van der Waals surface area contributed by atoms with Crippen molar-refractivity contribution in [3.05, 3.63) is 29.5 Å². The molecule has 3 rings (SSSR count). The molecule has 22 heavy (non-hydrogen) atoms. The average Bonchev–Trinajstić information content (AvgIpc) is 3.19. The van der Waals surface area contributed by atoms with E-state index in [0.717, 1.165) is 11.3 Å². The van der Waals surface area contributed by atoms with Crippen LogP contribution >= 0.6 is 11.3 Å². The van der Waals surface area contributed by atoms with Crippen LogP contribution in [0.4, 0.5) is 0 Å². The highest BCUT2D eigenvalue weighted by atomic mass is 32.1. The number of nitrogens with one attached hydrogen (secondary N) is 1. The van der Waals surface area contributed by atoms with E-state index in [0.29, 0.717) is 28.9 Å². The number of carbonyl (C=O) groups excluding carboxylic acids is 1. The Balaban J connectivity index is 1.77. The Morgan fingerprint density at radius 3 is 2.77 bits per heavy atom. The molecule has 0 atom stereocenters. The van der Waals surface area contributed by atoms with Crippen LogP contribution < -0.4 is 5.32 Å². The second-order valence-electron chi connectivity index (χ2n) is 4.96. The van der Waals surface area contributed by atoms with Crippen LogP contribution in [0.3, 0.4) is 0 Å². The molecule has 116 valence electrons. The van der Waals surface area contributed by atoms with Gasteiger partial charge in [0.05, 0.1) is 12.5 Å². The SMILES string of the molecule is O=C(NC1(C(=O)O)CCOCC1)c1cnc(-c2ccco2)s1. The highest BCUT2D eigenvalue weighted by Gasteiger charge is 2.42. The number of ether oxygens (including phenoxy) is 1. The first-order valence-electron chi connectivity index (χ1n) is 6.74. The molecule has 2 aromatic heterocycles. The number of amides is 1. The van der Waals surface area contributed by atoms with Gasteiger partial charge in [-0.1, -0.05) is 0 Å². The Kier molecular flexibility index (Phi) is 3.95. The smallest absolute Gasteiger partial charge is 0.329 e. The van der Waals surface area contributed by atoms with Gasteiger partial charge < -0.3 is 19.6 Å². The number of furan rings is 1. The zero-order valence-electron chi connectivity index (χ0n) is 11.6. The average molecular weight is 322 g/mol. The van der Waals surface area contributed by atoms with E-state index in [2.05, 4.69) is 10.3 Å². The van der Waals surface area contributed by atoms with Crippen molar-refractivity contribution in [2.24, 2.45) is 0 Å². The van der Waals surface area contributed by atoms with Gasteiger partial charge in [0, 0.05) is 26.1 Å². The van der Waals surface area contributed by atoms with Gasteiger partial charge in [0.1, 0.15) is 10.4 Å². The quantitative estimate of drug-likeness (QED) is 0.889. The van der Waals surface area contributed by atoms with Crippen molar-refractivity contribution in [2.45, 2.75) is 18.4 Å². The summed E-state index contributed by atoms with van der Waals surface area (Å²) < 4.78 is 10.4. The molecule has 0 aromatic carbocycles. The summed E-state index contributed by atoms with van der Waals surface area (Å²) in [6, 6.07) is 3.48. The van der Waals surface area contributed by atoms with Gasteiger partial charge in [0.15, 0.2) is 10.8 Å². The minimum absolute atomic E-state index is 0.248. The molecule has 0 unspecified atom stereocenters. The molecule has 1 fully saturated rings. The summed E-state index contributed by atoms with van der Waals surface area (Å²) >= 11 is 1.16. The van der Waals surface area contributed by atoms with E-state index in [-0.39, 0.29) is 12.8 Å². The fraction of sp³-hybridized carbons (Fsp3) is 0.357. The predicted molar refractivity (Wildman–Crippen MR) is 77.7 cm³/mol. The lowest BCUT2D eigenvalue weighted by Crippen LogP contribution is -2.57. The molecular weight excluding hydrogens is 308 g/mol. The van der Waals surface area contributed by atoms with Crippen molar-refractivity contribution in [3.63, 3.8) is 0 Å². The van der Waals surface area contributed by atoms with E-state index in [1.54, 1.807) is 12.1 Å². The fourth-order valence-electron chi connectivity index (χ4n) is 2.28. The monoisotopic (exact) mass is 322 g/mol. The molecule has 2 aromatic rings. The molecule has 0 saturated carbocycles. The Bertz CT molecular complexity index is 673. The number of carbonyl (C=O) groups is 2. The third kappa shape index (κ3) is 2.75. The second-order valence-corrected chi connectivity index (χ2v) is 5.99. The lowest BCUT2D eigenvalue weighted by Gasteiger charge is -2.33. The first-order valence-corrected chi connectivity index (χ1v) is 7.56. The summed E-state index contributed by atoms with van der Waals surface area (Å²) in [5.41, 5.74) is -1.27. The molecule has 8 heteroatoms. The van der Waals surface area contributed by atoms with Crippen LogP contribution in [0.15, 0.2) is 29.0 Å². The van der Waals surface area contributed by atoms with E-state index >= 15 is 0 Å². The minimum atomic E-state index is -1.27. The zero-order valence-corrected chi connectivity index (χ0v) is 12.4. The summed E-state index contributed by atoms with van der Waals surface area (Å²) in [4.78, 5) is 28.3. The third-order valence-electron chi connectivity index (χ3n) is 3.57. The normalized spacial score (nSPS) is 17.1. The molecule has 0 bridgehead atoms. The second kappa shape index (κ2) is 5.90. The summed E-state index contributed by atoms with van der Waals surface area (Å²) in [5, 5.41) is 12.6. The lowest BCUT2D eigenvalue weighted by atomic mass is 9.90. The molecule has 1 aliphatic rings. The molecule has 1 amide bonds. The number of thiazole rings is 1. The van der Waals surface area contributed by atoms with Crippen LogP contribution in [0.25, 0.3) is 10.8 Å². The Labute approximate surface area is 129 Å². The number of hydrogen-bond acceptors (Lipinski definition) is 6. The maximum absolute atomic E-state index is 12.3. The van der Waals surface area contributed by atoms with Gasteiger partial charge in [-0.15, -0.1) is 11.3 Å². The van der Waals surface area contributed by atoms with Crippen LogP contribution in [-0.4, -0.2) is 40.7 Å². The largest absolute Gasteiger partial charge is 0.480 e. The standard InChI is InChI=1S/C14H14N2O5S/c17-11(16-14(13(18)19)3-6-20-7-4-14)10-8-15-12(22-10)9-2-1-5-21-9/h1-2,5,8H,3-4,6-7H2,(H,16,17)(H,18,19). The number of aromatic nitrogens is 1. The Morgan fingerprint density at radius 2 is 2.14 bits per heavy atom. The first-order chi connectivity index (χ1) is 10.6. The van der Waals surface area contributed by atoms with Crippen LogP contribution in [0.5, 0.6) is 0 Å². The van der Waals surface area contributed by atoms with Crippen LogP contribution in [0, 0.1) is 0 Å². The van der Waals surface area contributed by atoms with E-state index < -0.39 is 17.4 Å². The van der Waals surface area contributed by atoms with E-state index in [9.17, 15) is 14.7 Å². The lowest BCUT2D eigenvalue weighted by molar-refractivity contribution is -0.148. The molecule has 0 aliphatic carbocycles. The molecule has 3 heterocycles. The molecule has 2 N–H and O–H groups in total. The topological polar surface area (TPSA) is 102 Å². The fourth-order valence-corrected chi connectivity index (χ4v) is 3.06. The van der Waals surface area contributed by atoms with E-state index in [4.69, 9.17) is 9.15 Å². The summed E-state index contributed by atoms with van der Waals surface area (Å²) in [6.07, 6.45) is 3.44. The van der Waals surface area contributed by atoms with Crippen LogP contribution in [0.1, 0.15) is 22.5 Å². The van der Waals surface area contributed by atoms with Crippen molar-refractivity contribution in [2.75, 3.05) is 13.2 Å². The summed E-state index contributed by atoms with van der Waals surface area (Å²) in [7, 11) is 0. The predicted octanol–water partition coefficient (Wildman–Crippen LogP) is 1.77. The van der Waals surface area contributed by atoms with Crippen molar-refractivity contribution in [3.8, 4) is 10.8 Å². The maximum Gasteiger partial charge on any atom is 0.329 e. The van der Waals surface area contributed by atoms with Gasteiger partial charge in [0.25, 0.3) is 5.91 Å². The van der Waals surface area contributed by atoms with Crippen molar-refractivity contribution >= 4 is 23.2 Å². The van der Waals surface area contributed by atoms with E-state index in [1.807, 2.05) is 0 Å². The summed E-state index contributed by atoms with van der Waals surface area (Å²) in [5.74, 6) is -0.914. The number of carboxylic acids is 1. The molecule has 7 nitrogen and oxygen atoms in total. The van der Waals surface area contributed by atoms with Gasteiger partial charge in [-0.3, -0.25) is 4.79 Å². The van der Waals surface area contributed by atoms with Crippen LogP contribution in [-0.2, 0) is 9.53 Å². The first kappa shape index (κ1) is 14.7. The number of nitrogens with zero attached hydrogens (tertiary/aromatic N) is 1. The van der Waals surface area contributed by atoms with Crippen molar-refractivity contribution in [1.29, 1.82) is 0 Å². The van der Waals surface area contributed by atoms with Gasteiger partial charge in [0.2, 0.25) is 0 Å². The Hall–Kier alpha value is -2.19. The number of carboxylic acid groups (broad SMARTS) is 1. The maximum atomic E-state index is 12.3. The van der Waals surface area contributed by atoms with Gasteiger partial charge >= 0.3 is 5.97 Å². The molecule has 0 radical (unpaired) electrons. The summed E-state index contributed by atoms with van der Waals surface area (Å²) in [6.45, 7) is 0.625. The van der Waals surface area contributed by atoms with E-state index in [1.165, 1.54) is 12.5 Å². The van der Waals surface area contributed by atoms with Crippen LogP contribution in [0.2, 0.25) is 0 Å². The molecular formula is C14H14N2O5S. The van der Waals surface area contributed by atoms with Gasteiger partial charge in [-0.2, -0.15) is 0 Å². The minimum Gasteiger partial charge on any atom is -0.480 e. The molecule has 0 spiro atoms. The number of aliphatic carboxylic acids is 1. The van der Waals surface area contributed by atoms with Gasteiger partial charge in [-0.05, 0) is 12.1 Å². The highest BCUT2D eigenvalue weighted by molar-refractivity contribution is 7.16. The van der Waals surface area contributed by atoms with Crippen molar-refractivity contribution in [1.82, 2.24) is 10.3 Å². The zero-order chi connectivity index (χ0) is 15.6. The highest BCUT2D eigenvalue weighted by Crippen LogP contribution is 2.27. The number of hydrogen-bond donors (Lipinski definition) is 2. The third-order valence-corrected chi connectivity index (χ3v) is 4.58. The number of rotatable bonds is 4. The van der Waals surface area contributed by atoms with Gasteiger partial charge in [-0.25, -0.2) is 9.78 Å². The van der Waals surface area contributed by atoms with Crippen molar-refractivity contribution < 1.29 is 23.8 Å². The Morgan fingerprint density at radius 1 is 1.36 bits per heavy atom. The molecule has 1 aliphatic heterocycles. The molecule has 1 saturated heterocycles.